The summed E-state index contributed by atoms with van der Waals surface area (Å²) < 4.78 is 7.78. The van der Waals surface area contributed by atoms with E-state index in [4.69, 9.17) is 9.84 Å². The zero-order valence-electron chi connectivity index (χ0n) is 15.9. The largest absolute Gasteiger partial charge is 0.447 e. The maximum absolute atomic E-state index is 13.4. The Morgan fingerprint density at radius 1 is 0.867 bits per heavy atom. The highest BCUT2D eigenvalue weighted by atomic mass is 16.5. The monoisotopic (exact) mass is 391 g/mol. The quantitative estimate of drug-likeness (QED) is 0.540. The van der Waals surface area contributed by atoms with Crippen LogP contribution in [0.3, 0.4) is 0 Å². The minimum Gasteiger partial charge on any atom is -0.447 e. The van der Waals surface area contributed by atoms with Gasteiger partial charge in [-0.25, -0.2) is 0 Å². The molecule has 0 radical (unpaired) electrons. The van der Waals surface area contributed by atoms with E-state index in [0.29, 0.717) is 5.88 Å². The van der Waals surface area contributed by atoms with E-state index < -0.39 is 5.41 Å². The van der Waals surface area contributed by atoms with Gasteiger partial charge in [-0.15, -0.1) is 0 Å². The summed E-state index contributed by atoms with van der Waals surface area (Å²) in [6, 6.07) is 27.5. The second kappa shape index (κ2) is 6.19. The Kier molecular flexibility index (Phi) is 3.47. The van der Waals surface area contributed by atoms with Gasteiger partial charge in [0.05, 0.1) is 17.5 Å². The SMILES string of the molecule is O=C1Nc2ccccc2[C@]12C=COc1c2c(-c2ccccc2)nn1-c1ccccc1. The number of anilines is 1. The molecule has 0 bridgehead atoms. The van der Waals surface area contributed by atoms with Crippen molar-refractivity contribution in [2.75, 3.05) is 5.32 Å². The predicted octanol–water partition coefficient (Wildman–Crippen LogP) is 4.68. The molecule has 1 N–H and O–H groups in total. The molecule has 0 aliphatic carbocycles. The van der Waals surface area contributed by atoms with Crippen LogP contribution in [0.25, 0.3) is 16.9 Å². The number of rotatable bonds is 2. The highest BCUT2D eigenvalue weighted by molar-refractivity contribution is 6.11. The van der Waals surface area contributed by atoms with Crippen molar-refractivity contribution < 1.29 is 9.53 Å². The lowest BCUT2D eigenvalue weighted by atomic mass is 9.74. The van der Waals surface area contributed by atoms with Gasteiger partial charge in [0.1, 0.15) is 11.1 Å². The van der Waals surface area contributed by atoms with E-state index in [1.54, 1.807) is 10.9 Å². The average molecular weight is 391 g/mol. The van der Waals surface area contributed by atoms with Gasteiger partial charge >= 0.3 is 0 Å². The molecule has 1 amide bonds. The zero-order chi connectivity index (χ0) is 20.1. The molecule has 1 atom stereocenters. The van der Waals surface area contributed by atoms with E-state index in [-0.39, 0.29) is 5.91 Å². The third kappa shape index (κ3) is 2.17. The van der Waals surface area contributed by atoms with Crippen molar-refractivity contribution >= 4 is 11.6 Å². The topological polar surface area (TPSA) is 56.1 Å². The summed E-state index contributed by atoms with van der Waals surface area (Å²) in [5, 5.41) is 7.97. The number of carbonyl (C=O) groups is 1. The fourth-order valence-corrected chi connectivity index (χ4v) is 4.39. The normalized spacial score (nSPS) is 18.6. The molecule has 30 heavy (non-hydrogen) atoms. The molecule has 0 fully saturated rings. The zero-order valence-corrected chi connectivity index (χ0v) is 15.9. The smallest absolute Gasteiger partial charge is 0.243 e. The highest BCUT2D eigenvalue weighted by Crippen LogP contribution is 2.52. The van der Waals surface area contributed by atoms with Gasteiger partial charge < -0.3 is 10.1 Å². The van der Waals surface area contributed by atoms with Crippen LogP contribution in [-0.4, -0.2) is 15.7 Å². The van der Waals surface area contributed by atoms with Gasteiger partial charge in [-0.05, 0) is 29.8 Å². The Hall–Kier alpha value is -4.12. The van der Waals surface area contributed by atoms with E-state index in [9.17, 15) is 4.79 Å². The molecular formula is C25H17N3O2. The van der Waals surface area contributed by atoms with Gasteiger partial charge in [0, 0.05) is 11.3 Å². The van der Waals surface area contributed by atoms with Crippen molar-refractivity contribution in [3.8, 4) is 22.8 Å². The minimum atomic E-state index is -0.998. The Bertz CT molecular complexity index is 1310. The van der Waals surface area contributed by atoms with Crippen LogP contribution in [-0.2, 0) is 10.2 Å². The van der Waals surface area contributed by atoms with Crippen LogP contribution in [0.1, 0.15) is 11.1 Å². The number of hydrogen-bond donors (Lipinski definition) is 1. The molecular weight excluding hydrogens is 374 g/mol. The molecule has 5 heteroatoms. The summed E-state index contributed by atoms with van der Waals surface area (Å²) in [4.78, 5) is 13.4. The minimum absolute atomic E-state index is 0.103. The first kappa shape index (κ1) is 16.8. The van der Waals surface area contributed by atoms with Crippen LogP contribution in [0, 0.1) is 0 Å². The molecule has 2 aliphatic rings. The van der Waals surface area contributed by atoms with Gasteiger partial charge in [-0.3, -0.25) is 4.79 Å². The highest BCUT2D eigenvalue weighted by Gasteiger charge is 2.52. The Morgan fingerprint density at radius 2 is 1.57 bits per heavy atom. The lowest BCUT2D eigenvalue weighted by Gasteiger charge is -2.28. The van der Waals surface area contributed by atoms with Crippen molar-refractivity contribution in [2.45, 2.75) is 5.41 Å². The standard InChI is InChI=1S/C25H17N3O2/c29-24-25(19-13-7-8-14-20(19)26-24)15-16-30-23-21(25)22(17-9-3-1-4-10-17)27-28(23)18-11-5-2-6-12-18/h1-16H,(H,26,29)/t25-/m0/s1. The number of fused-ring (bicyclic) bond motifs is 4. The van der Waals surface area contributed by atoms with Crippen molar-refractivity contribution in [2.24, 2.45) is 0 Å². The lowest BCUT2D eigenvalue weighted by molar-refractivity contribution is -0.118. The molecule has 1 aromatic heterocycles. The van der Waals surface area contributed by atoms with Crippen LogP contribution in [0.4, 0.5) is 5.69 Å². The summed E-state index contributed by atoms with van der Waals surface area (Å²) in [6.07, 6.45) is 3.43. The van der Waals surface area contributed by atoms with Crippen LogP contribution >= 0.6 is 0 Å². The summed E-state index contributed by atoms with van der Waals surface area (Å²) in [5.74, 6) is 0.448. The van der Waals surface area contributed by atoms with Crippen molar-refractivity contribution in [1.29, 1.82) is 0 Å². The Balaban J connectivity index is 1.71. The molecule has 4 aromatic rings. The number of para-hydroxylation sites is 2. The molecule has 0 unspecified atom stereocenters. The number of nitrogens with zero attached hydrogens (tertiary/aromatic N) is 2. The number of ether oxygens (including phenoxy) is 1. The van der Waals surface area contributed by atoms with Crippen LogP contribution in [0.5, 0.6) is 5.88 Å². The number of hydrogen-bond acceptors (Lipinski definition) is 3. The molecule has 0 saturated carbocycles. The maximum atomic E-state index is 13.4. The van der Waals surface area contributed by atoms with Crippen LogP contribution in [0.2, 0.25) is 0 Å². The van der Waals surface area contributed by atoms with E-state index in [0.717, 1.165) is 33.8 Å². The number of aromatic nitrogens is 2. The third-order valence-corrected chi connectivity index (χ3v) is 5.74. The fraction of sp³-hybridized carbons (Fsp3) is 0.0400. The molecule has 2 aliphatic heterocycles. The van der Waals surface area contributed by atoms with E-state index in [1.807, 2.05) is 91.0 Å². The van der Waals surface area contributed by atoms with Gasteiger partial charge in [0.15, 0.2) is 0 Å². The predicted molar refractivity (Wildman–Crippen MR) is 115 cm³/mol. The second-order valence-electron chi connectivity index (χ2n) is 7.37. The number of carbonyl (C=O) groups excluding carboxylic acids is 1. The second-order valence-corrected chi connectivity index (χ2v) is 7.37. The molecule has 6 rings (SSSR count). The summed E-state index contributed by atoms with van der Waals surface area (Å²) in [5.41, 5.74) is 4.00. The lowest BCUT2D eigenvalue weighted by Crippen LogP contribution is -2.36. The van der Waals surface area contributed by atoms with Crippen molar-refractivity contribution in [1.82, 2.24) is 9.78 Å². The van der Waals surface area contributed by atoms with Gasteiger partial charge in [-0.1, -0.05) is 66.7 Å². The first-order valence-corrected chi connectivity index (χ1v) is 9.79. The fourth-order valence-electron chi connectivity index (χ4n) is 4.39. The molecule has 0 saturated heterocycles. The van der Waals surface area contributed by atoms with Crippen molar-refractivity contribution in [3.05, 3.63) is 108 Å². The number of nitrogens with one attached hydrogen (secondary N) is 1. The number of benzene rings is 3. The number of amides is 1. The third-order valence-electron chi connectivity index (χ3n) is 5.74. The average Bonchev–Trinajstić information content (AvgIpc) is 3.33. The molecule has 144 valence electrons. The first-order chi connectivity index (χ1) is 14.8. The molecule has 1 spiro atoms. The van der Waals surface area contributed by atoms with E-state index in [1.165, 1.54) is 0 Å². The van der Waals surface area contributed by atoms with Crippen molar-refractivity contribution in [3.63, 3.8) is 0 Å². The maximum Gasteiger partial charge on any atom is 0.243 e. The van der Waals surface area contributed by atoms with E-state index >= 15 is 0 Å². The van der Waals surface area contributed by atoms with Crippen LogP contribution in [0.15, 0.2) is 97.3 Å². The molecule has 3 heterocycles. The summed E-state index contributed by atoms with van der Waals surface area (Å²) in [6.45, 7) is 0. The van der Waals surface area contributed by atoms with Crippen LogP contribution < -0.4 is 10.1 Å². The first-order valence-electron chi connectivity index (χ1n) is 9.79. The molecule has 5 nitrogen and oxygen atoms in total. The molecule has 3 aromatic carbocycles. The summed E-state index contributed by atoms with van der Waals surface area (Å²) in [7, 11) is 0. The van der Waals surface area contributed by atoms with Gasteiger partial charge in [-0.2, -0.15) is 9.78 Å². The Morgan fingerprint density at radius 3 is 2.37 bits per heavy atom. The van der Waals surface area contributed by atoms with Gasteiger partial charge in [0.2, 0.25) is 11.8 Å². The van der Waals surface area contributed by atoms with E-state index in [2.05, 4.69) is 5.32 Å². The Labute approximate surface area is 173 Å². The van der Waals surface area contributed by atoms with Gasteiger partial charge in [0.25, 0.3) is 0 Å². The summed E-state index contributed by atoms with van der Waals surface area (Å²) >= 11 is 0.